The third-order valence-corrected chi connectivity index (χ3v) is 4.32. The highest BCUT2D eigenvalue weighted by molar-refractivity contribution is 5.99. The second kappa shape index (κ2) is 4.16. The Hall–Kier alpha value is -2.18. The van der Waals surface area contributed by atoms with Gasteiger partial charge in [0.1, 0.15) is 23.0 Å². The van der Waals surface area contributed by atoms with Gasteiger partial charge in [-0.25, -0.2) is 0 Å². The quantitative estimate of drug-likeness (QED) is 0.312. The molecule has 112 valence electrons. The van der Waals surface area contributed by atoms with Gasteiger partial charge in [-0.2, -0.15) is 0 Å². The van der Waals surface area contributed by atoms with Gasteiger partial charge in [-0.05, 0) is 25.0 Å². The Morgan fingerprint density at radius 2 is 1.38 bits per heavy atom. The van der Waals surface area contributed by atoms with E-state index in [1.165, 1.54) is 13.8 Å². The van der Waals surface area contributed by atoms with Crippen molar-refractivity contribution in [1.29, 1.82) is 0 Å². The summed E-state index contributed by atoms with van der Waals surface area (Å²) in [6, 6.07) is 0. The third kappa shape index (κ3) is 1.80. The lowest BCUT2D eigenvalue weighted by molar-refractivity contribution is -0.193. The van der Waals surface area contributed by atoms with E-state index < -0.39 is 46.9 Å². The van der Waals surface area contributed by atoms with Crippen molar-refractivity contribution in [3.63, 3.8) is 0 Å². The average molecular weight is 294 g/mol. The number of hydrogen-bond donors (Lipinski definition) is 0. The van der Waals surface area contributed by atoms with E-state index in [0.717, 1.165) is 0 Å². The number of carbonyl (C=O) groups excluding carboxylic acids is 4. The molecule has 4 rings (SSSR count). The molecule has 4 aliphatic rings. The van der Waals surface area contributed by atoms with Gasteiger partial charge in [-0.1, -0.05) is 0 Å². The van der Waals surface area contributed by atoms with E-state index in [0.29, 0.717) is 12.8 Å². The Balaban J connectivity index is 2.10. The summed E-state index contributed by atoms with van der Waals surface area (Å²) in [6.07, 6.45) is 3.67. The predicted molar refractivity (Wildman–Crippen MR) is 65.4 cm³/mol. The highest BCUT2D eigenvalue weighted by Crippen LogP contribution is 2.56. The maximum absolute atomic E-state index is 12.0. The number of carbonyl (C=O) groups is 4. The molecule has 7 nitrogen and oxygen atoms in total. The Morgan fingerprint density at radius 1 is 1.00 bits per heavy atom. The lowest BCUT2D eigenvalue weighted by atomic mass is 9.58. The van der Waals surface area contributed by atoms with Crippen molar-refractivity contribution >= 4 is 23.9 Å². The molecule has 2 fully saturated rings. The lowest BCUT2D eigenvalue weighted by Gasteiger charge is -2.51. The number of ether oxygens (including phenoxy) is 3. The fraction of sp³-hybridized carbons (Fsp3) is 0.571. The van der Waals surface area contributed by atoms with Crippen molar-refractivity contribution in [2.45, 2.75) is 37.9 Å². The number of rotatable bonds is 2. The molecule has 3 aliphatic carbocycles. The molecule has 4 unspecified atom stereocenters. The Kier molecular flexibility index (Phi) is 2.73. The van der Waals surface area contributed by atoms with Crippen LogP contribution in [0.5, 0.6) is 0 Å². The van der Waals surface area contributed by atoms with E-state index in [1.54, 1.807) is 12.2 Å². The Morgan fingerprint density at radius 3 is 1.67 bits per heavy atom. The predicted octanol–water partition coefficient (Wildman–Crippen LogP) is 0.270. The van der Waals surface area contributed by atoms with Crippen LogP contribution in [0, 0.1) is 11.8 Å². The molecule has 4 atom stereocenters. The smallest absolute Gasteiger partial charge is 0.322 e. The van der Waals surface area contributed by atoms with E-state index in [-0.39, 0.29) is 0 Å². The number of fused-ring (bicyclic) bond motifs is 1. The van der Waals surface area contributed by atoms with Crippen LogP contribution in [0.15, 0.2) is 12.2 Å². The monoisotopic (exact) mass is 294 g/mol. The fourth-order valence-corrected chi connectivity index (χ4v) is 3.65. The van der Waals surface area contributed by atoms with Crippen LogP contribution in [0.2, 0.25) is 0 Å². The van der Waals surface area contributed by atoms with E-state index in [9.17, 15) is 19.2 Å². The first kappa shape index (κ1) is 13.8. The first-order valence-corrected chi connectivity index (χ1v) is 6.65. The first-order chi connectivity index (χ1) is 9.80. The van der Waals surface area contributed by atoms with Gasteiger partial charge in [0.2, 0.25) is 0 Å². The van der Waals surface area contributed by atoms with Crippen molar-refractivity contribution in [3.05, 3.63) is 12.2 Å². The molecule has 1 heterocycles. The van der Waals surface area contributed by atoms with Crippen molar-refractivity contribution < 1.29 is 33.4 Å². The second-order valence-electron chi connectivity index (χ2n) is 5.63. The zero-order chi connectivity index (χ0) is 15.4. The normalized spacial score (nSPS) is 39.7. The molecular weight excluding hydrogens is 280 g/mol. The van der Waals surface area contributed by atoms with E-state index in [2.05, 4.69) is 0 Å². The fourth-order valence-electron chi connectivity index (χ4n) is 3.65. The zero-order valence-electron chi connectivity index (χ0n) is 11.6. The molecular formula is C14H14O7. The van der Waals surface area contributed by atoms with Gasteiger partial charge >= 0.3 is 23.9 Å². The molecule has 1 saturated heterocycles. The number of cyclic esters (lactones) is 2. The van der Waals surface area contributed by atoms with Gasteiger partial charge in [0.25, 0.3) is 0 Å². The van der Waals surface area contributed by atoms with Crippen molar-refractivity contribution in [1.82, 2.24) is 0 Å². The SMILES string of the molecule is CC(=O)OC12C=CC(OC(C)=O)(CC1)C1C(=O)OC(=O)C12. The molecule has 0 aromatic carbocycles. The minimum Gasteiger partial charge on any atom is -0.454 e. The summed E-state index contributed by atoms with van der Waals surface area (Å²) >= 11 is 0. The molecule has 0 spiro atoms. The van der Waals surface area contributed by atoms with Crippen LogP contribution in [0.3, 0.4) is 0 Å². The van der Waals surface area contributed by atoms with Gasteiger partial charge < -0.3 is 14.2 Å². The molecule has 0 N–H and O–H groups in total. The minimum absolute atomic E-state index is 0.292. The largest absolute Gasteiger partial charge is 0.454 e. The highest BCUT2D eigenvalue weighted by Gasteiger charge is 2.70. The second-order valence-corrected chi connectivity index (χ2v) is 5.63. The molecule has 1 aliphatic heterocycles. The molecule has 21 heavy (non-hydrogen) atoms. The van der Waals surface area contributed by atoms with E-state index >= 15 is 0 Å². The van der Waals surface area contributed by atoms with Gasteiger partial charge in [0.05, 0.1) is 0 Å². The topological polar surface area (TPSA) is 96.0 Å². The number of hydrogen-bond acceptors (Lipinski definition) is 7. The summed E-state index contributed by atoms with van der Waals surface area (Å²) in [4.78, 5) is 46.7. The summed E-state index contributed by atoms with van der Waals surface area (Å²) in [6.45, 7) is 2.48. The summed E-state index contributed by atoms with van der Waals surface area (Å²) in [7, 11) is 0. The highest BCUT2D eigenvalue weighted by atomic mass is 16.6. The van der Waals surface area contributed by atoms with Crippen LogP contribution in [0.25, 0.3) is 0 Å². The van der Waals surface area contributed by atoms with E-state index in [4.69, 9.17) is 14.2 Å². The lowest BCUT2D eigenvalue weighted by Crippen LogP contribution is -2.62. The number of esters is 4. The van der Waals surface area contributed by atoms with Crippen molar-refractivity contribution in [2.24, 2.45) is 11.8 Å². The summed E-state index contributed by atoms with van der Waals surface area (Å²) < 4.78 is 15.4. The molecule has 2 bridgehead atoms. The van der Waals surface area contributed by atoms with Gasteiger partial charge in [0, 0.05) is 13.8 Å². The molecule has 0 amide bonds. The molecule has 0 aromatic heterocycles. The van der Waals surface area contributed by atoms with Crippen molar-refractivity contribution in [2.75, 3.05) is 0 Å². The van der Waals surface area contributed by atoms with Gasteiger partial charge in [0.15, 0.2) is 0 Å². The van der Waals surface area contributed by atoms with Crippen LogP contribution in [0.1, 0.15) is 26.7 Å². The summed E-state index contributed by atoms with van der Waals surface area (Å²) in [5.74, 6) is -4.52. The van der Waals surface area contributed by atoms with Gasteiger partial charge in [-0.3, -0.25) is 19.2 Å². The molecule has 0 radical (unpaired) electrons. The van der Waals surface area contributed by atoms with Crippen LogP contribution in [-0.4, -0.2) is 35.1 Å². The minimum atomic E-state index is -1.19. The van der Waals surface area contributed by atoms with Crippen molar-refractivity contribution in [3.8, 4) is 0 Å². The summed E-state index contributed by atoms with van der Waals surface area (Å²) in [5, 5.41) is 0. The maximum Gasteiger partial charge on any atom is 0.322 e. The average Bonchev–Trinajstić information content (AvgIpc) is 2.68. The Labute approximate surface area is 120 Å². The van der Waals surface area contributed by atoms with Crippen LogP contribution in [0.4, 0.5) is 0 Å². The van der Waals surface area contributed by atoms with Crippen LogP contribution >= 0.6 is 0 Å². The molecule has 1 saturated carbocycles. The molecule has 0 aromatic rings. The van der Waals surface area contributed by atoms with Gasteiger partial charge in [-0.15, -0.1) is 0 Å². The first-order valence-electron chi connectivity index (χ1n) is 6.65. The van der Waals surface area contributed by atoms with E-state index in [1.807, 2.05) is 0 Å². The maximum atomic E-state index is 12.0. The Bertz CT molecular complexity index is 542. The summed E-state index contributed by atoms with van der Waals surface area (Å²) in [5.41, 5.74) is -2.39. The molecule has 7 heteroatoms. The van der Waals surface area contributed by atoms with Crippen LogP contribution < -0.4 is 0 Å². The zero-order valence-corrected chi connectivity index (χ0v) is 11.6. The van der Waals surface area contributed by atoms with Crippen LogP contribution in [-0.2, 0) is 33.4 Å². The standard InChI is InChI=1S/C14H14O7/c1-7(15)20-13-3-5-14(6-4-13,21-8(2)16)10-9(13)11(17)19-12(10)18/h3,5,9-10H,4,6H2,1-2H3. The third-order valence-electron chi connectivity index (χ3n) is 4.32.